The van der Waals surface area contributed by atoms with E-state index < -0.39 is 5.41 Å². The zero-order valence-electron chi connectivity index (χ0n) is 22.7. The number of hydrogen-bond acceptors (Lipinski definition) is 3. The zero-order chi connectivity index (χ0) is 27.4. The van der Waals surface area contributed by atoms with Crippen molar-refractivity contribution in [2.24, 2.45) is 5.41 Å². The number of rotatable bonds is 8. The van der Waals surface area contributed by atoms with Gasteiger partial charge < -0.3 is 9.80 Å². The topological polar surface area (TPSA) is 43.9 Å². The molecule has 2 aliphatic heterocycles. The van der Waals surface area contributed by atoms with Crippen LogP contribution in [0, 0.1) is 5.41 Å². The highest BCUT2D eigenvalue weighted by molar-refractivity contribution is 6.30. The molecule has 204 valence electrons. The van der Waals surface area contributed by atoms with Gasteiger partial charge in [0.2, 0.25) is 11.8 Å². The largest absolute Gasteiger partial charge is 0.340 e. The predicted octanol–water partition coefficient (Wildman–Crippen LogP) is 6.58. The summed E-state index contributed by atoms with van der Waals surface area (Å²) in [6.07, 6.45) is 4.01. The Labute approximate surface area is 237 Å². The molecule has 0 spiro atoms. The highest BCUT2D eigenvalue weighted by Crippen LogP contribution is 2.52. The molecule has 2 heterocycles. The molecule has 5 nitrogen and oxygen atoms in total. The first-order valence-corrected chi connectivity index (χ1v) is 14.3. The van der Waals surface area contributed by atoms with E-state index in [1.54, 1.807) is 6.92 Å². The third-order valence-electron chi connectivity index (χ3n) is 8.34. The molecule has 2 amide bonds. The molecule has 0 N–H and O–H groups in total. The second kappa shape index (κ2) is 12.2. The fourth-order valence-corrected chi connectivity index (χ4v) is 6.57. The number of nitrogens with zero attached hydrogens (tertiary/aromatic N) is 3. The van der Waals surface area contributed by atoms with Crippen molar-refractivity contribution in [2.75, 3.05) is 32.7 Å². The van der Waals surface area contributed by atoms with Gasteiger partial charge in [-0.1, -0.05) is 67.4 Å². The summed E-state index contributed by atoms with van der Waals surface area (Å²) < 4.78 is 0. The Morgan fingerprint density at radius 1 is 1.08 bits per heavy atom. The summed E-state index contributed by atoms with van der Waals surface area (Å²) >= 11 is 12.8. The number of piperazine rings is 1. The highest BCUT2D eigenvalue weighted by Gasteiger charge is 2.51. The minimum Gasteiger partial charge on any atom is -0.340 e. The molecule has 2 aromatic carbocycles. The summed E-state index contributed by atoms with van der Waals surface area (Å²) in [5.74, 6) is 0.348. The van der Waals surface area contributed by atoms with Gasteiger partial charge in [-0.25, -0.2) is 0 Å². The van der Waals surface area contributed by atoms with Crippen LogP contribution in [0.25, 0.3) is 0 Å². The van der Waals surface area contributed by atoms with E-state index in [-0.39, 0.29) is 29.8 Å². The summed E-state index contributed by atoms with van der Waals surface area (Å²) in [5, 5.41) is 1.37. The van der Waals surface area contributed by atoms with Crippen LogP contribution in [0.2, 0.25) is 10.0 Å². The molecular weight excluding hydrogens is 517 g/mol. The third kappa shape index (κ3) is 6.11. The van der Waals surface area contributed by atoms with Crippen molar-refractivity contribution in [3.8, 4) is 0 Å². The minimum atomic E-state index is -0.571. The SMILES string of the molecule is C=CC[C@@]1(C)C[C@H](c2cccc(Cl)c2)[C@@H](c2ccc(Cl)cc2)N(C(CC)CN2CCN(C(C)=O)CC2)C1=O. The van der Waals surface area contributed by atoms with Crippen molar-refractivity contribution < 1.29 is 9.59 Å². The van der Waals surface area contributed by atoms with Gasteiger partial charge in [0.15, 0.2) is 0 Å². The second-order valence-electron chi connectivity index (χ2n) is 11.0. The van der Waals surface area contributed by atoms with Crippen LogP contribution in [0.4, 0.5) is 0 Å². The Hall–Kier alpha value is -2.34. The lowest BCUT2D eigenvalue weighted by molar-refractivity contribution is -0.155. The Balaban J connectivity index is 1.77. The molecule has 0 aliphatic carbocycles. The molecule has 0 bridgehead atoms. The Morgan fingerprint density at radius 2 is 1.76 bits per heavy atom. The quantitative estimate of drug-likeness (QED) is 0.345. The Bertz CT molecular complexity index is 1150. The summed E-state index contributed by atoms with van der Waals surface area (Å²) in [6, 6.07) is 15.8. The summed E-state index contributed by atoms with van der Waals surface area (Å²) in [4.78, 5) is 32.8. The maximum absolute atomic E-state index is 14.5. The van der Waals surface area contributed by atoms with Crippen LogP contribution < -0.4 is 0 Å². The number of likely N-dealkylation sites (tertiary alicyclic amines) is 1. The van der Waals surface area contributed by atoms with Gasteiger partial charge >= 0.3 is 0 Å². The molecule has 0 aromatic heterocycles. The van der Waals surface area contributed by atoms with E-state index >= 15 is 0 Å². The number of carbonyl (C=O) groups excluding carboxylic acids is 2. The molecule has 0 saturated carbocycles. The van der Waals surface area contributed by atoms with Crippen LogP contribution in [0.5, 0.6) is 0 Å². The Morgan fingerprint density at radius 3 is 2.34 bits per heavy atom. The van der Waals surface area contributed by atoms with Crippen molar-refractivity contribution in [1.29, 1.82) is 0 Å². The molecule has 38 heavy (non-hydrogen) atoms. The number of benzene rings is 2. The van der Waals surface area contributed by atoms with Gasteiger partial charge in [-0.15, -0.1) is 6.58 Å². The maximum Gasteiger partial charge on any atom is 0.229 e. The molecule has 0 radical (unpaired) electrons. The normalized spacial score (nSPS) is 25.3. The summed E-state index contributed by atoms with van der Waals surface area (Å²) in [6.45, 7) is 13.7. The van der Waals surface area contributed by atoms with Crippen LogP contribution >= 0.6 is 23.2 Å². The van der Waals surface area contributed by atoms with Crippen LogP contribution in [0.15, 0.2) is 61.2 Å². The maximum atomic E-state index is 14.5. The average molecular weight is 557 g/mol. The number of halogens is 2. The molecular formula is C31H39Cl2N3O2. The van der Waals surface area contributed by atoms with Gasteiger partial charge in [-0.05, 0) is 54.7 Å². The standard InChI is InChI=1S/C31H39Cl2N3O2/c1-5-14-31(4)20-28(24-8-7-9-26(33)19-24)29(23-10-12-25(32)13-11-23)36(30(31)38)27(6-2)21-34-15-17-35(18-16-34)22(3)37/h5,7-13,19,27-29H,1,6,14-18,20-21H2,2-4H3/t27?,28-,29-,31+/m1/s1. The van der Waals surface area contributed by atoms with Gasteiger partial charge in [0, 0.05) is 61.7 Å². The third-order valence-corrected chi connectivity index (χ3v) is 8.82. The van der Waals surface area contributed by atoms with E-state index in [1.165, 1.54) is 0 Å². The number of allylic oxidation sites excluding steroid dienone is 1. The smallest absolute Gasteiger partial charge is 0.229 e. The molecule has 2 saturated heterocycles. The van der Waals surface area contributed by atoms with Crippen LogP contribution in [0.3, 0.4) is 0 Å². The molecule has 4 rings (SSSR count). The van der Waals surface area contributed by atoms with Gasteiger partial charge in [-0.3, -0.25) is 14.5 Å². The van der Waals surface area contributed by atoms with E-state index in [0.29, 0.717) is 22.9 Å². The summed E-state index contributed by atoms with van der Waals surface area (Å²) in [7, 11) is 0. The lowest BCUT2D eigenvalue weighted by atomic mass is 9.67. The number of amides is 2. The van der Waals surface area contributed by atoms with Crippen molar-refractivity contribution in [2.45, 2.75) is 58.0 Å². The van der Waals surface area contributed by atoms with Gasteiger partial charge in [0.05, 0.1) is 11.5 Å². The van der Waals surface area contributed by atoms with Gasteiger partial charge in [0.1, 0.15) is 0 Å². The lowest BCUT2D eigenvalue weighted by Crippen LogP contribution is -2.59. The van der Waals surface area contributed by atoms with Crippen molar-refractivity contribution in [3.63, 3.8) is 0 Å². The zero-order valence-corrected chi connectivity index (χ0v) is 24.2. The van der Waals surface area contributed by atoms with Crippen molar-refractivity contribution in [3.05, 3.63) is 82.4 Å². The van der Waals surface area contributed by atoms with Crippen LogP contribution in [-0.4, -0.2) is 65.3 Å². The van der Waals surface area contributed by atoms with Crippen LogP contribution in [0.1, 0.15) is 63.1 Å². The van der Waals surface area contributed by atoms with E-state index in [1.807, 2.05) is 41.3 Å². The van der Waals surface area contributed by atoms with Gasteiger partial charge in [0.25, 0.3) is 0 Å². The first kappa shape index (κ1) is 28.7. The van der Waals surface area contributed by atoms with E-state index in [4.69, 9.17) is 23.2 Å². The molecule has 7 heteroatoms. The second-order valence-corrected chi connectivity index (χ2v) is 11.9. The van der Waals surface area contributed by atoms with Crippen LogP contribution in [-0.2, 0) is 9.59 Å². The van der Waals surface area contributed by atoms with Crippen molar-refractivity contribution >= 4 is 35.0 Å². The van der Waals surface area contributed by atoms with Gasteiger partial charge in [-0.2, -0.15) is 0 Å². The number of piperidine rings is 1. The Kier molecular flexibility index (Phi) is 9.23. The molecule has 1 unspecified atom stereocenters. The highest BCUT2D eigenvalue weighted by atomic mass is 35.5. The predicted molar refractivity (Wildman–Crippen MR) is 156 cm³/mol. The molecule has 2 aliphatic rings. The average Bonchev–Trinajstić information content (AvgIpc) is 2.90. The first-order valence-electron chi connectivity index (χ1n) is 13.6. The van der Waals surface area contributed by atoms with E-state index in [9.17, 15) is 9.59 Å². The number of carbonyl (C=O) groups is 2. The monoisotopic (exact) mass is 555 g/mol. The fourth-order valence-electron chi connectivity index (χ4n) is 6.25. The lowest BCUT2D eigenvalue weighted by Gasteiger charge is -2.53. The summed E-state index contributed by atoms with van der Waals surface area (Å²) in [5.41, 5.74) is 1.64. The van der Waals surface area contributed by atoms with Crippen molar-refractivity contribution in [1.82, 2.24) is 14.7 Å². The first-order chi connectivity index (χ1) is 18.2. The van der Waals surface area contributed by atoms with E-state index in [0.717, 1.165) is 50.3 Å². The molecule has 4 atom stereocenters. The molecule has 2 aromatic rings. The minimum absolute atomic E-state index is 0.0122. The number of hydrogen-bond donors (Lipinski definition) is 0. The fraction of sp³-hybridized carbons (Fsp3) is 0.484. The van der Waals surface area contributed by atoms with E-state index in [2.05, 4.69) is 48.4 Å². The molecule has 2 fully saturated rings.